The fraction of sp³-hybridized carbons (Fsp3) is 1.00. The first kappa shape index (κ1) is 11.3. The van der Waals surface area contributed by atoms with Crippen molar-refractivity contribution in [3.05, 3.63) is 0 Å². The van der Waals surface area contributed by atoms with Crippen molar-refractivity contribution >= 4 is 8.07 Å². The highest BCUT2D eigenvalue weighted by Gasteiger charge is 2.42. The van der Waals surface area contributed by atoms with Gasteiger partial charge in [-0.3, -0.25) is 0 Å². The van der Waals surface area contributed by atoms with E-state index in [0.29, 0.717) is 5.04 Å². The molecule has 0 aromatic carbocycles. The molecule has 1 rings (SSSR count). The van der Waals surface area contributed by atoms with Gasteiger partial charge in [-0.25, -0.2) is 0 Å². The zero-order valence-electron chi connectivity index (χ0n) is 9.81. The summed E-state index contributed by atoms with van der Waals surface area (Å²) in [6.07, 6.45) is 2.67. The fourth-order valence-electron chi connectivity index (χ4n) is 1.92. The van der Waals surface area contributed by atoms with E-state index in [4.69, 9.17) is 4.74 Å². The van der Waals surface area contributed by atoms with Crippen molar-refractivity contribution in [2.45, 2.75) is 57.3 Å². The zero-order valence-corrected chi connectivity index (χ0v) is 10.8. The number of ether oxygens (including phenoxy) is 1. The first-order valence-electron chi connectivity index (χ1n) is 5.43. The van der Waals surface area contributed by atoms with Crippen LogP contribution in [0, 0.1) is 0 Å². The van der Waals surface area contributed by atoms with Crippen molar-refractivity contribution in [3.8, 4) is 0 Å². The molecule has 0 aromatic heterocycles. The summed E-state index contributed by atoms with van der Waals surface area (Å²) in [6.45, 7) is 14.2. The van der Waals surface area contributed by atoms with Crippen LogP contribution >= 0.6 is 0 Å². The molecule has 0 aromatic rings. The summed E-state index contributed by atoms with van der Waals surface area (Å²) in [5, 5.41) is 0.512. The van der Waals surface area contributed by atoms with Crippen LogP contribution in [0.15, 0.2) is 0 Å². The van der Waals surface area contributed by atoms with Crippen LogP contribution in [0.2, 0.25) is 23.7 Å². The number of hydrogen-bond acceptors (Lipinski definition) is 1. The largest absolute Gasteiger partial charge is 0.381 e. The smallest absolute Gasteiger partial charge is 0.0583 e. The third-order valence-electron chi connectivity index (χ3n) is 4.11. The van der Waals surface area contributed by atoms with Crippen LogP contribution in [0.5, 0.6) is 0 Å². The highest BCUT2D eigenvalue weighted by molar-refractivity contribution is 6.81. The third-order valence-corrected chi connectivity index (χ3v) is 10.5. The Balaban J connectivity index is 2.67. The molecule has 1 saturated heterocycles. The number of rotatable bonds is 1. The van der Waals surface area contributed by atoms with Crippen molar-refractivity contribution in [3.63, 3.8) is 0 Å². The average Bonchev–Trinajstić information content (AvgIpc) is 2.04. The molecule has 1 aliphatic rings. The van der Waals surface area contributed by atoms with Crippen LogP contribution in [-0.2, 0) is 4.74 Å². The van der Waals surface area contributed by atoms with E-state index >= 15 is 0 Å². The van der Waals surface area contributed by atoms with Crippen molar-refractivity contribution in [2.75, 3.05) is 13.2 Å². The van der Waals surface area contributed by atoms with Crippen LogP contribution < -0.4 is 0 Å². The minimum absolute atomic E-state index is 0.512. The van der Waals surface area contributed by atoms with Gasteiger partial charge in [-0.05, 0) is 23.4 Å². The third kappa shape index (κ3) is 2.35. The van der Waals surface area contributed by atoms with E-state index in [0.717, 1.165) is 18.8 Å². The molecule has 2 heteroatoms. The maximum Gasteiger partial charge on any atom is 0.0583 e. The Labute approximate surface area is 83.9 Å². The van der Waals surface area contributed by atoms with Gasteiger partial charge < -0.3 is 4.74 Å². The van der Waals surface area contributed by atoms with Gasteiger partial charge in [-0.1, -0.05) is 33.9 Å². The Hall–Kier alpha value is 0.177. The van der Waals surface area contributed by atoms with Gasteiger partial charge in [0.25, 0.3) is 0 Å². The first-order valence-corrected chi connectivity index (χ1v) is 8.51. The molecule has 1 atom stereocenters. The predicted molar refractivity (Wildman–Crippen MR) is 61.0 cm³/mol. The molecule has 1 nitrogen and oxygen atoms in total. The molecular formula is C11H24OSi. The van der Waals surface area contributed by atoms with E-state index in [-0.39, 0.29) is 0 Å². The molecule has 1 aliphatic heterocycles. The molecule has 1 fully saturated rings. The quantitative estimate of drug-likeness (QED) is 0.587. The van der Waals surface area contributed by atoms with Gasteiger partial charge in [0.05, 0.1) is 8.07 Å². The standard InChI is InChI=1S/C11H24OSi/c1-11(2,3)13(4,5)10-7-6-8-12-9-10/h10H,6-9H2,1-5H3. The molecule has 0 amide bonds. The minimum atomic E-state index is -1.13. The lowest BCUT2D eigenvalue weighted by Gasteiger charge is -2.44. The molecule has 0 radical (unpaired) electrons. The van der Waals surface area contributed by atoms with E-state index in [1.807, 2.05) is 0 Å². The van der Waals surface area contributed by atoms with Gasteiger partial charge in [0, 0.05) is 13.2 Å². The molecule has 13 heavy (non-hydrogen) atoms. The van der Waals surface area contributed by atoms with Crippen LogP contribution in [0.1, 0.15) is 33.6 Å². The lowest BCUT2D eigenvalue weighted by molar-refractivity contribution is 0.0939. The lowest BCUT2D eigenvalue weighted by Crippen LogP contribution is -2.45. The Morgan fingerprint density at radius 2 is 1.85 bits per heavy atom. The summed E-state index contributed by atoms with van der Waals surface area (Å²) >= 11 is 0. The highest BCUT2D eigenvalue weighted by atomic mass is 28.3. The summed E-state index contributed by atoms with van der Waals surface area (Å²) in [4.78, 5) is 0. The molecular weight excluding hydrogens is 176 g/mol. The van der Waals surface area contributed by atoms with Crippen molar-refractivity contribution in [1.82, 2.24) is 0 Å². The second-order valence-corrected chi connectivity index (χ2v) is 11.6. The van der Waals surface area contributed by atoms with Crippen LogP contribution in [0.25, 0.3) is 0 Å². The summed E-state index contributed by atoms with van der Waals surface area (Å²) in [5.41, 5.74) is 0.876. The Morgan fingerprint density at radius 1 is 1.23 bits per heavy atom. The van der Waals surface area contributed by atoms with E-state index in [1.54, 1.807) is 0 Å². The molecule has 1 unspecified atom stereocenters. The van der Waals surface area contributed by atoms with Gasteiger partial charge in [-0.2, -0.15) is 0 Å². The molecule has 0 saturated carbocycles. The van der Waals surface area contributed by atoms with Gasteiger partial charge in [0.1, 0.15) is 0 Å². The van der Waals surface area contributed by atoms with E-state index < -0.39 is 8.07 Å². The average molecular weight is 200 g/mol. The number of hydrogen-bond donors (Lipinski definition) is 0. The predicted octanol–water partition coefficient (Wildman–Crippen LogP) is 3.68. The van der Waals surface area contributed by atoms with Gasteiger partial charge >= 0.3 is 0 Å². The Morgan fingerprint density at radius 3 is 2.23 bits per heavy atom. The van der Waals surface area contributed by atoms with Crippen LogP contribution in [0.3, 0.4) is 0 Å². The van der Waals surface area contributed by atoms with Crippen molar-refractivity contribution in [2.24, 2.45) is 0 Å². The molecule has 1 heterocycles. The topological polar surface area (TPSA) is 9.23 Å². The molecule has 0 bridgehead atoms. The minimum Gasteiger partial charge on any atom is -0.381 e. The Bertz CT molecular complexity index is 163. The van der Waals surface area contributed by atoms with Crippen LogP contribution in [-0.4, -0.2) is 21.3 Å². The summed E-state index contributed by atoms with van der Waals surface area (Å²) < 4.78 is 5.60. The van der Waals surface area contributed by atoms with E-state index in [9.17, 15) is 0 Å². The summed E-state index contributed by atoms with van der Waals surface area (Å²) in [5.74, 6) is 0. The maximum atomic E-state index is 5.60. The maximum absolute atomic E-state index is 5.60. The monoisotopic (exact) mass is 200 g/mol. The van der Waals surface area contributed by atoms with E-state index in [1.165, 1.54) is 12.8 Å². The normalized spacial score (nSPS) is 26.1. The molecule has 0 N–H and O–H groups in total. The molecule has 0 aliphatic carbocycles. The lowest BCUT2D eigenvalue weighted by atomic mass is 10.2. The Kier molecular flexibility index (Phi) is 3.23. The first-order chi connectivity index (χ1) is 5.86. The molecule has 0 spiro atoms. The van der Waals surface area contributed by atoms with Crippen LogP contribution in [0.4, 0.5) is 0 Å². The summed E-state index contributed by atoms with van der Waals surface area (Å²) in [7, 11) is -1.13. The van der Waals surface area contributed by atoms with Crippen molar-refractivity contribution in [1.29, 1.82) is 0 Å². The SMILES string of the molecule is CC(C)(C)[Si](C)(C)C1CCCOC1. The molecule has 78 valence electrons. The second kappa shape index (κ2) is 3.74. The fourth-order valence-corrected chi connectivity index (χ4v) is 4.61. The van der Waals surface area contributed by atoms with E-state index in [2.05, 4.69) is 33.9 Å². The van der Waals surface area contributed by atoms with Crippen molar-refractivity contribution < 1.29 is 4.74 Å². The van der Waals surface area contributed by atoms with Gasteiger partial charge in [0.15, 0.2) is 0 Å². The zero-order chi connectivity index (χ0) is 10.1. The van der Waals surface area contributed by atoms with Gasteiger partial charge in [0.2, 0.25) is 0 Å². The highest BCUT2D eigenvalue weighted by Crippen LogP contribution is 2.46. The van der Waals surface area contributed by atoms with Gasteiger partial charge in [-0.15, -0.1) is 0 Å². The second-order valence-electron chi connectivity index (χ2n) is 5.89. The summed E-state index contributed by atoms with van der Waals surface area (Å²) in [6, 6.07) is 0.